The highest BCUT2D eigenvalue weighted by Gasteiger charge is 2.14. The van der Waals surface area contributed by atoms with Crippen molar-refractivity contribution in [1.82, 2.24) is 10.3 Å². The molecule has 0 saturated heterocycles. The van der Waals surface area contributed by atoms with Crippen LogP contribution in [-0.4, -0.2) is 11.5 Å². The van der Waals surface area contributed by atoms with Crippen LogP contribution in [0.5, 0.6) is 0 Å². The first kappa shape index (κ1) is 13.8. The molecule has 21 heavy (non-hydrogen) atoms. The number of nitrogens with one attached hydrogen (secondary N) is 1. The molecule has 0 bridgehead atoms. The van der Waals surface area contributed by atoms with Gasteiger partial charge in [-0.25, -0.2) is 0 Å². The average molecular weight is 280 g/mol. The van der Waals surface area contributed by atoms with Gasteiger partial charge in [0.1, 0.15) is 5.76 Å². The van der Waals surface area contributed by atoms with Gasteiger partial charge in [-0.2, -0.15) is 0 Å². The summed E-state index contributed by atoms with van der Waals surface area (Å²) in [6, 6.07) is 12.8. The minimum atomic E-state index is 0.313. The third kappa shape index (κ3) is 3.14. The molecule has 1 N–H and O–H groups in total. The van der Waals surface area contributed by atoms with Gasteiger partial charge in [-0.05, 0) is 42.1 Å². The van der Waals surface area contributed by atoms with E-state index >= 15 is 0 Å². The zero-order chi connectivity index (χ0) is 14.5. The molecule has 0 aliphatic heterocycles. The Bertz CT molecular complexity index is 686. The van der Waals surface area contributed by atoms with E-state index in [4.69, 9.17) is 4.42 Å². The second kappa shape index (κ2) is 6.55. The van der Waals surface area contributed by atoms with Crippen LogP contribution in [0.4, 0.5) is 0 Å². The lowest BCUT2D eigenvalue weighted by Gasteiger charge is -2.19. The first-order chi connectivity index (χ1) is 10.4. The summed E-state index contributed by atoms with van der Waals surface area (Å²) < 4.78 is 5.45. The zero-order valence-electron chi connectivity index (χ0n) is 12.3. The monoisotopic (exact) mass is 280 g/mol. The van der Waals surface area contributed by atoms with Crippen LogP contribution in [0.2, 0.25) is 0 Å². The third-order valence-electron chi connectivity index (χ3n) is 3.80. The lowest BCUT2D eigenvalue weighted by atomic mass is 9.96. The second-order valence-corrected chi connectivity index (χ2v) is 5.17. The summed E-state index contributed by atoms with van der Waals surface area (Å²) in [6.07, 6.45) is 7.48. The molecule has 1 atom stereocenters. The van der Waals surface area contributed by atoms with Gasteiger partial charge in [0.2, 0.25) is 0 Å². The Hall–Kier alpha value is -2.13. The Morgan fingerprint density at radius 1 is 1.19 bits per heavy atom. The van der Waals surface area contributed by atoms with Crippen molar-refractivity contribution in [2.24, 2.45) is 0 Å². The Kier molecular flexibility index (Phi) is 4.31. The number of aromatic nitrogens is 1. The highest BCUT2D eigenvalue weighted by molar-refractivity contribution is 5.85. The quantitative estimate of drug-likeness (QED) is 0.738. The molecule has 3 nitrogen and oxygen atoms in total. The van der Waals surface area contributed by atoms with Crippen LogP contribution in [0, 0.1) is 0 Å². The maximum atomic E-state index is 5.45. The van der Waals surface area contributed by atoms with Gasteiger partial charge >= 0.3 is 0 Å². The number of rotatable bonds is 6. The molecule has 1 unspecified atom stereocenters. The van der Waals surface area contributed by atoms with E-state index < -0.39 is 0 Å². The highest BCUT2D eigenvalue weighted by atomic mass is 16.3. The lowest BCUT2D eigenvalue weighted by molar-refractivity contribution is 0.460. The molecule has 3 heteroatoms. The fourth-order valence-corrected chi connectivity index (χ4v) is 2.80. The Morgan fingerprint density at radius 2 is 2.14 bits per heavy atom. The molecular formula is C18H20N2O. The van der Waals surface area contributed by atoms with Crippen molar-refractivity contribution in [1.29, 1.82) is 0 Å². The standard InChI is InChI=1S/C18H20N2O/c1-2-20-18(9-8-15-6-4-12-21-15)16-7-3-5-14-10-11-19-13-17(14)16/h3-7,10-13,18,20H,2,8-9H2,1H3. The van der Waals surface area contributed by atoms with Gasteiger partial charge in [0, 0.05) is 30.2 Å². The molecule has 108 valence electrons. The van der Waals surface area contributed by atoms with Gasteiger partial charge in [0.05, 0.1) is 6.26 Å². The molecule has 1 aromatic carbocycles. The average Bonchev–Trinajstić information content (AvgIpc) is 3.04. The number of hydrogen-bond donors (Lipinski definition) is 1. The van der Waals surface area contributed by atoms with Crippen molar-refractivity contribution < 1.29 is 4.42 Å². The molecule has 3 aromatic rings. The van der Waals surface area contributed by atoms with Crippen molar-refractivity contribution in [3.63, 3.8) is 0 Å². The Labute approximate surface area is 125 Å². The maximum Gasteiger partial charge on any atom is 0.103 e. The first-order valence-electron chi connectivity index (χ1n) is 7.47. The van der Waals surface area contributed by atoms with Crippen LogP contribution < -0.4 is 5.32 Å². The molecule has 0 aliphatic carbocycles. The predicted molar refractivity (Wildman–Crippen MR) is 85.2 cm³/mol. The van der Waals surface area contributed by atoms with E-state index in [1.165, 1.54) is 16.3 Å². The number of hydrogen-bond acceptors (Lipinski definition) is 3. The number of aryl methyl sites for hydroxylation is 1. The van der Waals surface area contributed by atoms with Crippen LogP contribution in [0.1, 0.15) is 30.7 Å². The topological polar surface area (TPSA) is 38.1 Å². The van der Waals surface area contributed by atoms with Crippen molar-refractivity contribution in [3.05, 3.63) is 66.4 Å². The van der Waals surface area contributed by atoms with Crippen LogP contribution in [0.25, 0.3) is 10.8 Å². The minimum absolute atomic E-state index is 0.313. The smallest absolute Gasteiger partial charge is 0.103 e. The van der Waals surface area contributed by atoms with Crippen molar-refractivity contribution in [2.45, 2.75) is 25.8 Å². The third-order valence-corrected chi connectivity index (χ3v) is 3.80. The van der Waals surface area contributed by atoms with Crippen molar-refractivity contribution in [2.75, 3.05) is 6.54 Å². The summed E-state index contributed by atoms with van der Waals surface area (Å²) in [5, 5.41) is 6.05. The Balaban J connectivity index is 1.88. The Morgan fingerprint density at radius 3 is 2.95 bits per heavy atom. The summed E-state index contributed by atoms with van der Waals surface area (Å²) in [5.41, 5.74) is 1.31. The molecule has 2 heterocycles. The van der Waals surface area contributed by atoms with E-state index in [1.807, 2.05) is 24.5 Å². The van der Waals surface area contributed by atoms with E-state index in [9.17, 15) is 0 Å². The highest BCUT2D eigenvalue weighted by Crippen LogP contribution is 2.26. The van der Waals surface area contributed by atoms with Gasteiger partial charge < -0.3 is 9.73 Å². The molecule has 0 spiro atoms. The van der Waals surface area contributed by atoms with E-state index in [0.29, 0.717) is 6.04 Å². The van der Waals surface area contributed by atoms with Gasteiger partial charge in [-0.15, -0.1) is 0 Å². The van der Waals surface area contributed by atoms with Gasteiger partial charge in [-0.3, -0.25) is 4.98 Å². The molecule has 0 saturated carbocycles. The van der Waals surface area contributed by atoms with Crippen molar-refractivity contribution in [3.8, 4) is 0 Å². The second-order valence-electron chi connectivity index (χ2n) is 5.17. The van der Waals surface area contributed by atoms with E-state index in [2.05, 4.69) is 41.5 Å². The van der Waals surface area contributed by atoms with E-state index in [0.717, 1.165) is 25.1 Å². The van der Waals surface area contributed by atoms with E-state index in [-0.39, 0.29) is 0 Å². The number of fused-ring (bicyclic) bond motifs is 1. The van der Waals surface area contributed by atoms with Gasteiger partial charge in [-0.1, -0.05) is 25.1 Å². The molecule has 0 radical (unpaired) electrons. The van der Waals surface area contributed by atoms with Crippen LogP contribution >= 0.6 is 0 Å². The van der Waals surface area contributed by atoms with Gasteiger partial charge in [0.25, 0.3) is 0 Å². The number of benzene rings is 1. The number of pyridine rings is 1. The normalized spacial score (nSPS) is 12.6. The van der Waals surface area contributed by atoms with Crippen LogP contribution in [0.3, 0.4) is 0 Å². The first-order valence-corrected chi connectivity index (χ1v) is 7.47. The zero-order valence-corrected chi connectivity index (χ0v) is 12.3. The van der Waals surface area contributed by atoms with Crippen LogP contribution in [-0.2, 0) is 6.42 Å². The summed E-state index contributed by atoms with van der Waals surface area (Å²) in [6.45, 7) is 3.09. The summed E-state index contributed by atoms with van der Waals surface area (Å²) in [4.78, 5) is 4.28. The fourth-order valence-electron chi connectivity index (χ4n) is 2.80. The maximum absolute atomic E-state index is 5.45. The van der Waals surface area contributed by atoms with Crippen molar-refractivity contribution >= 4 is 10.8 Å². The van der Waals surface area contributed by atoms with Gasteiger partial charge in [0.15, 0.2) is 0 Å². The molecule has 2 aromatic heterocycles. The summed E-state index contributed by atoms with van der Waals surface area (Å²) in [7, 11) is 0. The molecule has 3 rings (SSSR count). The number of nitrogens with zero attached hydrogens (tertiary/aromatic N) is 1. The SMILES string of the molecule is CCNC(CCc1ccco1)c1cccc2ccncc12. The predicted octanol–water partition coefficient (Wildman–Crippen LogP) is 4.11. The van der Waals surface area contributed by atoms with Crippen LogP contribution in [0.15, 0.2) is 59.5 Å². The largest absolute Gasteiger partial charge is 0.469 e. The summed E-state index contributed by atoms with van der Waals surface area (Å²) >= 11 is 0. The van der Waals surface area contributed by atoms with E-state index in [1.54, 1.807) is 6.26 Å². The molecule has 0 aliphatic rings. The fraction of sp³-hybridized carbons (Fsp3) is 0.278. The summed E-state index contributed by atoms with van der Waals surface area (Å²) in [5.74, 6) is 1.04. The minimum Gasteiger partial charge on any atom is -0.469 e. The molecular weight excluding hydrogens is 260 g/mol. The molecule has 0 fully saturated rings. The lowest BCUT2D eigenvalue weighted by Crippen LogP contribution is -2.21. The number of furan rings is 1. The molecule has 0 amide bonds.